The third kappa shape index (κ3) is 7.29. The molecular formula is C22H25N2O5. The van der Waals surface area contributed by atoms with Crippen LogP contribution in [0.15, 0.2) is 54.6 Å². The van der Waals surface area contributed by atoms with Crippen molar-refractivity contribution in [2.24, 2.45) is 0 Å². The molecule has 2 aromatic carbocycles. The molecular weight excluding hydrogens is 372 g/mol. The van der Waals surface area contributed by atoms with Gasteiger partial charge in [-0.05, 0) is 44.0 Å². The first-order valence-corrected chi connectivity index (χ1v) is 9.17. The van der Waals surface area contributed by atoms with Crippen molar-refractivity contribution in [3.05, 3.63) is 65.7 Å². The van der Waals surface area contributed by atoms with Gasteiger partial charge in [0.2, 0.25) is 0 Å². The average Bonchev–Trinajstić information content (AvgIpc) is 2.65. The molecule has 0 heterocycles. The van der Waals surface area contributed by atoms with E-state index in [2.05, 4.69) is 5.32 Å². The van der Waals surface area contributed by atoms with Gasteiger partial charge in [0, 0.05) is 0 Å². The molecule has 0 saturated heterocycles. The Kier molecular flexibility index (Phi) is 7.36. The van der Waals surface area contributed by atoms with Gasteiger partial charge in [0.25, 0.3) is 5.91 Å². The van der Waals surface area contributed by atoms with Crippen LogP contribution in [0.1, 0.15) is 37.8 Å². The Morgan fingerprint density at radius 2 is 1.55 bits per heavy atom. The number of nitrogens with one attached hydrogen (secondary N) is 2. The Hall–Kier alpha value is -3.35. The zero-order valence-electron chi connectivity index (χ0n) is 16.7. The number of ether oxygens (including phenoxy) is 2. The van der Waals surface area contributed by atoms with Gasteiger partial charge in [-0.3, -0.25) is 15.3 Å². The molecule has 0 aliphatic heterocycles. The quantitative estimate of drug-likeness (QED) is 0.737. The van der Waals surface area contributed by atoms with E-state index in [1.54, 1.807) is 45.0 Å². The summed E-state index contributed by atoms with van der Waals surface area (Å²) in [5, 5.41) is 2.51. The van der Waals surface area contributed by atoms with E-state index in [9.17, 15) is 14.4 Å². The van der Waals surface area contributed by atoms with Crippen LogP contribution >= 0.6 is 0 Å². The molecule has 2 rings (SSSR count). The molecule has 0 saturated carbocycles. The SMILES string of the molecule is CC(C)(C)OC(=O)NCC(=O)[C@@H](c1ccccc1)c1ccc(OCC([NH])=O)cc1. The molecule has 2 amide bonds. The summed E-state index contributed by atoms with van der Waals surface area (Å²) in [6.45, 7) is 4.73. The van der Waals surface area contributed by atoms with Crippen LogP contribution in [0.4, 0.5) is 4.79 Å². The lowest BCUT2D eigenvalue weighted by molar-refractivity contribution is -0.120. The largest absolute Gasteiger partial charge is 0.484 e. The Morgan fingerprint density at radius 3 is 2.10 bits per heavy atom. The van der Waals surface area contributed by atoms with Crippen molar-refractivity contribution in [2.45, 2.75) is 32.3 Å². The average molecular weight is 397 g/mol. The summed E-state index contributed by atoms with van der Waals surface area (Å²) < 4.78 is 10.4. The van der Waals surface area contributed by atoms with Crippen molar-refractivity contribution in [3.8, 4) is 5.75 Å². The van der Waals surface area contributed by atoms with Gasteiger partial charge in [-0.2, -0.15) is 0 Å². The van der Waals surface area contributed by atoms with E-state index < -0.39 is 23.5 Å². The van der Waals surface area contributed by atoms with Crippen molar-refractivity contribution >= 4 is 17.8 Å². The van der Waals surface area contributed by atoms with E-state index in [1.165, 1.54) is 0 Å². The lowest BCUT2D eigenvalue weighted by Crippen LogP contribution is -2.37. The summed E-state index contributed by atoms with van der Waals surface area (Å²) in [7, 11) is 0. The van der Waals surface area contributed by atoms with Crippen molar-refractivity contribution < 1.29 is 23.9 Å². The van der Waals surface area contributed by atoms with Gasteiger partial charge in [0.1, 0.15) is 11.4 Å². The second-order valence-electron chi connectivity index (χ2n) is 7.45. The topological polar surface area (TPSA) is 106 Å². The van der Waals surface area contributed by atoms with Crippen LogP contribution in [0.3, 0.4) is 0 Å². The van der Waals surface area contributed by atoms with Gasteiger partial charge >= 0.3 is 6.09 Å². The van der Waals surface area contributed by atoms with E-state index in [4.69, 9.17) is 15.2 Å². The Balaban J connectivity index is 2.16. The predicted octanol–water partition coefficient (Wildman–Crippen LogP) is 3.10. The van der Waals surface area contributed by atoms with E-state index >= 15 is 0 Å². The van der Waals surface area contributed by atoms with Crippen molar-refractivity contribution in [3.63, 3.8) is 0 Å². The highest BCUT2D eigenvalue weighted by atomic mass is 16.6. The highest BCUT2D eigenvalue weighted by Crippen LogP contribution is 2.27. The zero-order valence-corrected chi connectivity index (χ0v) is 16.7. The fraction of sp³-hybridized carbons (Fsp3) is 0.318. The highest BCUT2D eigenvalue weighted by Gasteiger charge is 2.24. The van der Waals surface area contributed by atoms with E-state index in [0.29, 0.717) is 5.75 Å². The summed E-state index contributed by atoms with van der Waals surface area (Å²) in [6, 6.07) is 16.0. The monoisotopic (exact) mass is 397 g/mol. The van der Waals surface area contributed by atoms with Gasteiger partial charge in [-0.1, -0.05) is 42.5 Å². The highest BCUT2D eigenvalue weighted by molar-refractivity contribution is 5.92. The maximum Gasteiger partial charge on any atom is 0.408 e. The first-order chi connectivity index (χ1) is 13.7. The number of alkyl carbamates (subject to hydrolysis) is 1. The minimum absolute atomic E-state index is 0.180. The number of amides is 2. The van der Waals surface area contributed by atoms with Crippen LogP contribution in [0, 0.1) is 0 Å². The molecule has 2 aromatic rings. The van der Waals surface area contributed by atoms with Crippen LogP contribution < -0.4 is 15.8 Å². The molecule has 0 aromatic heterocycles. The van der Waals surface area contributed by atoms with Crippen LogP contribution in [0.25, 0.3) is 0 Å². The molecule has 0 unspecified atom stereocenters. The van der Waals surface area contributed by atoms with Gasteiger partial charge in [0.05, 0.1) is 12.5 Å². The normalized spacial score (nSPS) is 12.0. The lowest BCUT2D eigenvalue weighted by atomic mass is 9.87. The Labute approximate surface area is 170 Å². The summed E-state index contributed by atoms with van der Waals surface area (Å²) in [5.41, 5.74) is 7.75. The van der Waals surface area contributed by atoms with Crippen LogP contribution in [-0.2, 0) is 14.3 Å². The predicted molar refractivity (Wildman–Crippen MR) is 108 cm³/mol. The second-order valence-corrected chi connectivity index (χ2v) is 7.45. The van der Waals surface area contributed by atoms with Crippen LogP contribution in [-0.4, -0.2) is 36.5 Å². The van der Waals surface area contributed by atoms with Crippen molar-refractivity contribution in [1.82, 2.24) is 11.1 Å². The molecule has 7 nitrogen and oxygen atoms in total. The summed E-state index contributed by atoms with van der Waals surface area (Å²) in [6.07, 6.45) is -0.651. The third-order valence-electron chi connectivity index (χ3n) is 3.84. The maximum atomic E-state index is 12.9. The minimum Gasteiger partial charge on any atom is -0.484 e. The van der Waals surface area contributed by atoms with Gasteiger partial charge in [-0.25, -0.2) is 4.79 Å². The molecule has 0 fully saturated rings. The van der Waals surface area contributed by atoms with Crippen LogP contribution in [0.5, 0.6) is 5.75 Å². The third-order valence-corrected chi connectivity index (χ3v) is 3.84. The van der Waals surface area contributed by atoms with E-state index in [-0.39, 0.29) is 18.9 Å². The maximum absolute atomic E-state index is 12.9. The molecule has 1 radical (unpaired) electrons. The van der Waals surface area contributed by atoms with E-state index in [0.717, 1.165) is 11.1 Å². The first-order valence-electron chi connectivity index (χ1n) is 9.17. The minimum atomic E-state index is -0.820. The van der Waals surface area contributed by atoms with E-state index in [1.807, 2.05) is 30.3 Å². The lowest BCUT2D eigenvalue weighted by Gasteiger charge is -2.21. The Bertz CT molecular complexity index is 842. The summed E-state index contributed by atoms with van der Waals surface area (Å²) in [5.74, 6) is -1.17. The molecule has 0 aliphatic carbocycles. The molecule has 0 aliphatic rings. The molecule has 2 N–H and O–H groups in total. The molecule has 29 heavy (non-hydrogen) atoms. The first kappa shape index (κ1) is 21.9. The number of carbonyl (C=O) groups excluding carboxylic acids is 3. The number of carbonyl (C=O) groups is 3. The summed E-state index contributed by atoms with van der Waals surface area (Å²) in [4.78, 5) is 35.6. The number of rotatable bonds is 8. The summed E-state index contributed by atoms with van der Waals surface area (Å²) >= 11 is 0. The standard InChI is InChI=1S/C22H25N2O5/c1-22(2,3)29-21(27)24-13-18(25)20(15-7-5-4-6-8-15)16-9-11-17(12-10-16)28-14-19(23)26/h4-12,20,23H,13-14H2,1-3H3,(H,24,27)/t20-/m0/s1. The van der Waals surface area contributed by atoms with Gasteiger partial charge in [0.15, 0.2) is 12.4 Å². The molecule has 153 valence electrons. The Morgan fingerprint density at radius 1 is 0.966 bits per heavy atom. The molecule has 0 spiro atoms. The number of benzene rings is 2. The van der Waals surface area contributed by atoms with Gasteiger partial charge < -0.3 is 14.8 Å². The second kappa shape index (κ2) is 9.73. The van der Waals surface area contributed by atoms with Crippen LogP contribution in [0.2, 0.25) is 0 Å². The molecule has 1 atom stereocenters. The fourth-order valence-corrected chi connectivity index (χ4v) is 2.69. The zero-order chi connectivity index (χ0) is 21.4. The number of Topliss-reactive ketones (excluding diaryl/α,β-unsaturated/α-hetero) is 1. The number of hydrogen-bond acceptors (Lipinski definition) is 5. The fourth-order valence-electron chi connectivity index (χ4n) is 2.69. The van der Waals surface area contributed by atoms with Crippen molar-refractivity contribution in [2.75, 3.05) is 13.2 Å². The smallest absolute Gasteiger partial charge is 0.408 e. The number of hydrogen-bond donors (Lipinski definition) is 1. The van der Waals surface area contributed by atoms with Gasteiger partial charge in [-0.15, -0.1) is 0 Å². The molecule has 0 bridgehead atoms. The number of ketones is 1. The molecule has 7 heteroatoms. The van der Waals surface area contributed by atoms with Crippen molar-refractivity contribution in [1.29, 1.82) is 0 Å².